The van der Waals surface area contributed by atoms with Crippen LogP contribution in [0.5, 0.6) is 5.75 Å². The molecule has 1 N–H and O–H groups in total. The average Bonchev–Trinajstić information content (AvgIpc) is 3.61. The summed E-state index contributed by atoms with van der Waals surface area (Å²) in [4.78, 5) is 29.3. The van der Waals surface area contributed by atoms with E-state index in [2.05, 4.69) is 10.3 Å². The molecule has 1 fully saturated rings. The second-order valence-electron chi connectivity index (χ2n) is 7.88. The SMILES string of the molecule is CCOC(=O)Cc1csc(NC(=O)C(Oc2ccc(F)cc2)c2ccc(S(=O)(=O)C3CC3)cc2)n1. The van der Waals surface area contributed by atoms with E-state index in [9.17, 15) is 22.4 Å². The Morgan fingerprint density at radius 3 is 2.46 bits per heavy atom. The van der Waals surface area contributed by atoms with E-state index in [1.54, 1.807) is 12.3 Å². The minimum atomic E-state index is -3.38. The number of hydrogen-bond acceptors (Lipinski definition) is 8. The van der Waals surface area contributed by atoms with Crippen LogP contribution in [0.25, 0.3) is 0 Å². The zero-order valence-electron chi connectivity index (χ0n) is 18.8. The Morgan fingerprint density at radius 2 is 1.83 bits per heavy atom. The quantitative estimate of drug-likeness (QED) is 0.403. The summed E-state index contributed by atoms with van der Waals surface area (Å²) in [5.41, 5.74) is 0.860. The molecule has 0 saturated heterocycles. The second-order valence-corrected chi connectivity index (χ2v) is 11.0. The molecule has 8 nitrogen and oxygen atoms in total. The normalized spacial score (nSPS) is 14.2. The minimum Gasteiger partial charge on any atom is -0.476 e. The molecular formula is C24H23FN2O6S2. The third-order valence-electron chi connectivity index (χ3n) is 5.19. The first kappa shape index (κ1) is 24.8. The van der Waals surface area contributed by atoms with Crippen LogP contribution in [-0.4, -0.2) is 37.1 Å². The zero-order chi connectivity index (χ0) is 25.0. The van der Waals surface area contributed by atoms with Crippen molar-refractivity contribution in [1.82, 2.24) is 4.98 Å². The van der Waals surface area contributed by atoms with Crippen molar-refractivity contribution in [3.63, 3.8) is 0 Å². The number of thiazole rings is 1. The number of anilines is 1. The van der Waals surface area contributed by atoms with Crippen molar-refractivity contribution in [2.45, 2.75) is 42.4 Å². The van der Waals surface area contributed by atoms with Crippen molar-refractivity contribution in [3.05, 3.63) is 71.0 Å². The van der Waals surface area contributed by atoms with E-state index >= 15 is 0 Å². The number of nitrogens with zero attached hydrogens (tertiary/aromatic N) is 1. The third kappa shape index (κ3) is 6.23. The number of sulfone groups is 1. The van der Waals surface area contributed by atoms with Gasteiger partial charge in [-0.25, -0.2) is 17.8 Å². The van der Waals surface area contributed by atoms with E-state index in [-0.39, 0.29) is 34.1 Å². The van der Waals surface area contributed by atoms with E-state index in [0.717, 1.165) is 11.3 Å². The van der Waals surface area contributed by atoms with Crippen molar-refractivity contribution in [2.75, 3.05) is 11.9 Å². The molecule has 1 amide bonds. The highest BCUT2D eigenvalue weighted by atomic mass is 32.2. The summed E-state index contributed by atoms with van der Waals surface area (Å²) in [5.74, 6) is -1.19. The number of halogens is 1. The van der Waals surface area contributed by atoms with Crippen LogP contribution in [0.4, 0.5) is 9.52 Å². The van der Waals surface area contributed by atoms with E-state index < -0.39 is 33.6 Å². The van der Waals surface area contributed by atoms with Gasteiger partial charge in [0.2, 0.25) is 6.10 Å². The molecule has 184 valence electrons. The molecule has 0 spiro atoms. The molecule has 1 aromatic heterocycles. The van der Waals surface area contributed by atoms with Gasteiger partial charge in [0.25, 0.3) is 5.91 Å². The van der Waals surface area contributed by atoms with Gasteiger partial charge in [0, 0.05) is 10.9 Å². The van der Waals surface area contributed by atoms with Gasteiger partial charge in [-0.15, -0.1) is 11.3 Å². The smallest absolute Gasteiger partial charge is 0.311 e. The maximum absolute atomic E-state index is 13.3. The summed E-state index contributed by atoms with van der Waals surface area (Å²) in [7, 11) is -3.38. The van der Waals surface area contributed by atoms with E-state index in [1.165, 1.54) is 48.5 Å². The van der Waals surface area contributed by atoms with Crippen LogP contribution in [0.15, 0.2) is 58.8 Å². The fraction of sp³-hybridized carbons (Fsp3) is 0.292. The molecule has 1 unspecified atom stereocenters. The number of ether oxygens (including phenoxy) is 2. The van der Waals surface area contributed by atoms with Crippen molar-refractivity contribution in [3.8, 4) is 5.75 Å². The fourth-order valence-corrected chi connectivity index (χ4v) is 5.67. The average molecular weight is 519 g/mol. The van der Waals surface area contributed by atoms with Crippen LogP contribution in [-0.2, 0) is 30.6 Å². The van der Waals surface area contributed by atoms with Crippen LogP contribution >= 0.6 is 11.3 Å². The first-order valence-electron chi connectivity index (χ1n) is 10.9. The largest absolute Gasteiger partial charge is 0.476 e. The predicted octanol–water partition coefficient (Wildman–Crippen LogP) is 4.08. The van der Waals surface area contributed by atoms with E-state index in [0.29, 0.717) is 24.1 Å². The Morgan fingerprint density at radius 1 is 1.14 bits per heavy atom. The number of carbonyl (C=O) groups is 2. The van der Waals surface area contributed by atoms with Gasteiger partial charge in [0.05, 0.1) is 28.9 Å². The maximum atomic E-state index is 13.3. The summed E-state index contributed by atoms with van der Waals surface area (Å²) in [5, 5.41) is 4.22. The van der Waals surface area contributed by atoms with Crippen LogP contribution in [0, 0.1) is 5.82 Å². The minimum absolute atomic E-state index is 0.0212. The molecule has 3 aromatic rings. The molecule has 4 rings (SSSR count). The summed E-state index contributed by atoms with van der Waals surface area (Å²) in [6.45, 7) is 1.97. The lowest BCUT2D eigenvalue weighted by molar-refractivity contribution is -0.142. The van der Waals surface area contributed by atoms with Crippen molar-refractivity contribution in [1.29, 1.82) is 0 Å². The van der Waals surface area contributed by atoms with Gasteiger partial charge >= 0.3 is 5.97 Å². The Bertz CT molecular complexity index is 1300. The first-order chi connectivity index (χ1) is 16.8. The van der Waals surface area contributed by atoms with Crippen molar-refractivity contribution >= 4 is 38.2 Å². The molecule has 0 bridgehead atoms. The Balaban J connectivity index is 1.54. The van der Waals surface area contributed by atoms with Crippen LogP contribution in [0.3, 0.4) is 0 Å². The summed E-state index contributed by atoms with van der Waals surface area (Å²) >= 11 is 1.14. The van der Waals surface area contributed by atoms with Gasteiger partial charge in [-0.1, -0.05) is 12.1 Å². The zero-order valence-corrected chi connectivity index (χ0v) is 20.4. The van der Waals surface area contributed by atoms with Crippen molar-refractivity contribution in [2.24, 2.45) is 0 Å². The van der Waals surface area contributed by atoms with Crippen molar-refractivity contribution < 1.29 is 31.9 Å². The number of esters is 1. The van der Waals surface area contributed by atoms with Crippen LogP contribution in [0.2, 0.25) is 0 Å². The molecule has 1 heterocycles. The number of rotatable bonds is 10. The third-order valence-corrected chi connectivity index (χ3v) is 8.28. The molecule has 1 atom stereocenters. The fourth-order valence-electron chi connectivity index (χ4n) is 3.30. The Kier molecular flexibility index (Phi) is 7.46. The van der Waals surface area contributed by atoms with Crippen LogP contribution < -0.4 is 10.1 Å². The number of carbonyl (C=O) groups excluding carboxylic acids is 2. The summed E-state index contributed by atoms with van der Waals surface area (Å²) in [6.07, 6.45) is 0.103. The lowest BCUT2D eigenvalue weighted by atomic mass is 10.1. The summed E-state index contributed by atoms with van der Waals surface area (Å²) in [6, 6.07) is 11.2. The molecule has 0 aliphatic heterocycles. The maximum Gasteiger partial charge on any atom is 0.311 e. The van der Waals surface area contributed by atoms with Gasteiger partial charge in [0.1, 0.15) is 11.6 Å². The molecule has 35 heavy (non-hydrogen) atoms. The molecule has 11 heteroatoms. The molecule has 1 aliphatic carbocycles. The number of benzene rings is 2. The van der Waals surface area contributed by atoms with E-state index in [1.807, 2.05) is 0 Å². The lowest BCUT2D eigenvalue weighted by Gasteiger charge is -2.19. The van der Waals surface area contributed by atoms with Crippen LogP contribution in [0.1, 0.15) is 37.1 Å². The number of amides is 1. The van der Waals surface area contributed by atoms with Gasteiger partial charge in [0.15, 0.2) is 15.0 Å². The topological polar surface area (TPSA) is 112 Å². The predicted molar refractivity (Wildman–Crippen MR) is 127 cm³/mol. The highest BCUT2D eigenvalue weighted by Crippen LogP contribution is 2.34. The molecule has 0 radical (unpaired) electrons. The highest BCUT2D eigenvalue weighted by molar-refractivity contribution is 7.92. The van der Waals surface area contributed by atoms with Gasteiger partial charge in [-0.2, -0.15) is 0 Å². The first-order valence-corrected chi connectivity index (χ1v) is 13.4. The van der Waals surface area contributed by atoms with Gasteiger partial charge < -0.3 is 9.47 Å². The lowest BCUT2D eigenvalue weighted by Crippen LogP contribution is -2.26. The Labute approximate surface area is 206 Å². The van der Waals surface area contributed by atoms with Gasteiger partial charge in [-0.05, 0) is 56.2 Å². The molecule has 1 aliphatic rings. The number of aromatic nitrogens is 1. The molecule has 2 aromatic carbocycles. The molecule has 1 saturated carbocycles. The number of hydrogen-bond donors (Lipinski definition) is 1. The summed E-state index contributed by atoms with van der Waals surface area (Å²) < 4.78 is 49.1. The second kappa shape index (κ2) is 10.5. The standard InChI is InChI=1S/C24H23FN2O6S2/c1-2-32-21(28)13-17-14-34-24(26-17)27-23(29)22(33-18-7-5-16(25)6-8-18)15-3-9-19(10-4-15)35(30,31)20-11-12-20/h3-10,14,20,22H,2,11-13H2,1H3,(H,26,27,29). The number of nitrogens with one attached hydrogen (secondary N) is 1. The van der Waals surface area contributed by atoms with E-state index in [4.69, 9.17) is 9.47 Å². The van der Waals surface area contributed by atoms with Gasteiger partial charge in [-0.3, -0.25) is 14.9 Å². The Hall–Kier alpha value is -3.31. The molecular weight excluding hydrogens is 495 g/mol. The monoisotopic (exact) mass is 518 g/mol. The highest BCUT2D eigenvalue weighted by Gasteiger charge is 2.37.